The van der Waals surface area contributed by atoms with Crippen molar-refractivity contribution in [3.05, 3.63) is 71.7 Å². The number of rotatable bonds is 4. The highest BCUT2D eigenvalue weighted by molar-refractivity contribution is 6.30. The van der Waals surface area contributed by atoms with Gasteiger partial charge < -0.3 is 14.3 Å². The van der Waals surface area contributed by atoms with Crippen LogP contribution in [0.1, 0.15) is 37.1 Å². The minimum absolute atomic E-state index is 0.0997. The lowest BCUT2D eigenvalue weighted by molar-refractivity contribution is 0.0741. The molecular formula is C25H26ClN7O2. The summed E-state index contributed by atoms with van der Waals surface area (Å²) in [5.41, 5.74) is 1.98. The first kappa shape index (κ1) is 23.0. The molecule has 10 heteroatoms. The summed E-state index contributed by atoms with van der Waals surface area (Å²) in [7, 11) is 0. The SMILES string of the molecule is CC(C)(C)c1noc(-c2ccnc(-n3cnc(C(=O)N4CCN(c5cccc(Cl)c5)CC4)c3)c2)n1. The van der Waals surface area contributed by atoms with Crippen LogP contribution in [0, 0.1) is 0 Å². The second-order valence-corrected chi connectivity index (χ2v) is 9.94. The van der Waals surface area contributed by atoms with Gasteiger partial charge in [0.05, 0.1) is 0 Å². The molecule has 0 bridgehead atoms. The van der Waals surface area contributed by atoms with Crippen molar-refractivity contribution in [2.75, 3.05) is 31.1 Å². The Balaban J connectivity index is 1.28. The number of carbonyl (C=O) groups is 1. The van der Waals surface area contributed by atoms with Crippen molar-refractivity contribution in [2.24, 2.45) is 0 Å². The molecule has 35 heavy (non-hydrogen) atoms. The molecule has 0 spiro atoms. The molecule has 1 aliphatic rings. The fourth-order valence-corrected chi connectivity index (χ4v) is 4.08. The number of pyridine rings is 1. The number of anilines is 1. The van der Waals surface area contributed by atoms with E-state index < -0.39 is 0 Å². The first-order valence-electron chi connectivity index (χ1n) is 11.4. The summed E-state index contributed by atoms with van der Waals surface area (Å²) in [4.78, 5) is 30.4. The third kappa shape index (κ3) is 4.90. The zero-order valence-electron chi connectivity index (χ0n) is 19.8. The van der Waals surface area contributed by atoms with Crippen molar-refractivity contribution in [2.45, 2.75) is 26.2 Å². The molecule has 0 saturated carbocycles. The van der Waals surface area contributed by atoms with Gasteiger partial charge in [-0.25, -0.2) is 9.97 Å². The number of carbonyl (C=O) groups excluding carboxylic acids is 1. The number of aromatic nitrogens is 5. The second kappa shape index (κ2) is 9.14. The standard InChI is InChI=1S/C25H26ClN7O2/c1-25(2,3)24-29-22(35-30-24)17-7-8-27-21(13-17)33-15-20(28-16-33)23(34)32-11-9-31(10-12-32)19-6-4-5-18(26)14-19/h4-8,13-16H,9-12H2,1-3H3. The van der Waals surface area contributed by atoms with Crippen LogP contribution in [0.5, 0.6) is 0 Å². The molecule has 4 aromatic rings. The van der Waals surface area contributed by atoms with Crippen LogP contribution in [-0.4, -0.2) is 61.7 Å². The van der Waals surface area contributed by atoms with Gasteiger partial charge in [-0.15, -0.1) is 0 Å². The van der Waals surface area contributed by atoms with Crippen LogP contribution in [0.25, 0.3) is 17.3 Å². The molecule has 1 aliphatic heterocycles. The lowest BCUT2D eigenvalue weighted by atomic mass is 9.96. The van der Waals surface area contributed by atoms with E-state index in [4.69, 9.17) is 16.1 Å². The third-order valence-electron chi connectivity index (χ3n) is 5.90. The van der Waals surface area contributed by atoms with E-state index in [0.29, 0.717) is 41.3 Å². The summed E-state index contributed by atoms with van der Waals surface area (Å²) >= 11 is 6.12. The molecular weight excluding hydrogens is 466 g/mol. The Kier molecular flexibility index (Phi) is 6.02. The van der Waals surface area contributed by atoms with Crippen molar-refractivity contribution >= 4 is 23.2 Å². The number of imidazole rings is 1. The number of hydrogen-bond acceptors (Lipinski definition) is 7. The molecule has 0 N–H and O–H groups in total. The van der Waals surface area contributed by atoms with Crippen LogP contribution < -0.4 is 4.90 Å². The maximum Gasteiger partial charge on any atom is 0.274 e. The van der Waals surface area contributed by atoms with Crippen molar-refractivity contribution in [1.82, 2.24) is 29.6 Å². The number of benzene rings is 1. The lowest BCUT2D eigenvalue weighted by Gasteiger charge is -2.35. The molecule has 1 aromatic carbocycles. The van der Waals surface area contributed by atoms with Crippen LogP contribution >= 0.6 is 11.6 Å². The van der Waals surface area contributed by atoms with E-state index in [9.17, 15) is 4.79 Å². The van der Waals surface area contributed by atoms with Gasteiger partial charge in [0.25, 0.3) is 11.8 Å². The Morgan fingerprint density at radius 3 is 2.57 bits per heavy atom. The van der Waals surface area contributed by atoms with Crippen LogP contribution in [0.3, 0.4) is 0 Å². The van der Waals surface area contributed by atoms with Gasteiger partial charge in [-0.1, -0.05) is 43.6 Å². The summed E-state index contributed by atoms with van der Waals surface area (Å²) in [5.74, 6) is 1.57. The molecule has 0 aliphatic carbocycles. The highest BCUT2D eigenvalue weighted by Crippen LogP contribution is 2.25. The fourth-order valence-electron chi connectivity index (χ4n) is 3.90. The Morgan fingerprint density at radius 1 is 1.06 bits per heavy atom. The number of hydrogen-bond donors (Lipinski definition) is 0. The highest BCUT2D eigenvalue weighted by Gasteiger charge is 2.25. The van der Waals surface area contributed by atoms with E-state index in [0.717, 1.165) is 24.3 Å². The monoisotopic (exact) mass is 491 g/mol. The number of piperazine rings is 1. The molecule has 1 amide bonds. The zero-order valence-corrected chi connectivity index (χ0v) is 20.6. The molecule has 1 saturated heterocycles. The van der Waals surface area contributed by atoms with Crippen LogP contribution in [-0.2, 0) is 5.41 Å². The van der Waals surface area contributed by atoms with Crippen LogP contribution in [0.2, 0.25) is 5.02 Å². The minimum Gasteiger partial charge on any atom is -0.368 e. The normalized spacial score (nSPS) is 14.4. The lowest BCUT2D eigenvalue weighted by Crippen LogP contribution is -2.48. The number of halogens is 1. The van der Waals surface area contributed by atoms with Crippen molar-refractivity contribution in [3.8, 4) is 17.3 Å². The maximum absolute atomic E-state index is 13.1. The molecule has 3 aromatic heterocycles. The summed E-state index contributed by atoms with van der Waals surface area (Å²) in [6.45, 7) is 8.77. The smallest absolute Gasteiger partial charge is 0.274 e. The average molecular weight is 492 g/mol. The Labute approximate surface area is 208 Å². The van der Waals surface area contributed by atoms with E-state index >= 15 is 0 Å². The molecule has 4 heterocycles. The molecule has 0 unspecified atom stereocenters. The summed E-state index contributed by atoms with van der Waals surface area (Å²) < 4.78 is 7.17. The van der Waals surface area contributed by atoms with Gasteiger partial charge in [0, 0.05) is 60.3 Å². The van der Waals surface area contributed by atoms with Crippen molar-refractivity contribution < 1.29 is 9.32 Å². The summed E-state index contributed by atoms with van der Waals surface area (Å²) in [6.07, 6.45) is 4.96. The fraction of sp³-hybridized carbons (Fsp3) is 0.320. The summed E-state index contributed by atoms with van der Waals surface area (Å²) in [6, 6.07) is 11.4. The molecule has 0 radical (unpaired) electrons. The molecule has 5 rings (SSSR count). The number of amides is 1. The molecule has 1 fully saturated rings. The van der Waals surface area contributed by atoms with Crippen molar-refractivity contribution in [1.29, 1.82) is 0 Å². The van der Waals surface area contributed by atoms with E-state index in [1.165, 1.54) is 0 Å². The largest absolute Gasteiger partial charge is 0.368 e. The second-order valence-electron chi connectivity index (χ2n) is 9.50. The van der Waals surface area contributed by atoms with Crippen LogP contribution in [0.15, 0.2) is 59.6 Å². The van der Waals surface area contributed by atoms with Gasteiger partial charge in [0.1, 0.15) is 17.8 Å². The van der Waals surface area contributed by atoms with Gasteiger partial charge >= 0.3 is 0 Å². The van der Waals surface area contributed by atoms with Crippen molar-refractivity contribution in [3.63, 3.8) is 0 Å². The predicted molar refractivity (Wildman–Crippen MR) is 133 cm³/mol. The molecule has 9 nitrogen and oxygen atoms in total. The van der Waals surface area contributed by atoms with Gasteiger partial charge in [0.2, 0.25) is 0 Å². The van der Waals surface area contributed by atoms with Gasteiger partial charge in [0.15, 0.2) is 5.82 Å². The van der Waals surface area contributed by atoms with Gasteiger partial charge in [-0.3, -0.25) is 9.36 Å². The number of nitrogens with zero attached hydrogens (tertiary/aromatic N) is 7. The molecule has 0 atom stereocenters. The third-order valence-corrected chi connectivity index (χ3v) is 6.13. The van der Waals surface area contributed by atoms with Gasteiger partial charge in [-0.05, 0) is 30.3 Å². The Hall–Kier alpha value is -3.72. The quantitative estimate of drug-likeness (QED) is 0.421. The maximum atomic E-state index is 13.1. The van der Waals surface area contributed by atoms with Gasteiger partial charge in [-0.2, -0.15) is 4.98 Å². The molecule has 180 valence electrons. The first-order chi connectivity index (χ1) is 16.8. The van der Waals surface area contributed by atoms with Crippen LogP contribution in [0.4, 0.5) is 5.69 Å². The van der Waals surface area contributed by atoms with E-state index in [2.05, 4.69) is 25.0 Å². The minimum atomic E-state index is -0.211. The Morgan fingerprint density at radius 2 is 1.86 bits per heavy atom. The van der Waals surface area contributed by atoms with E-state index in [-0.39, 0.29) is 11.3 Å². The predicted octanol–water partition coefficient (Wildman–Crippen LogP) is 4.23. The zero-order chi connectivity index (χ0) is 24.6. The Bertz CT molecular complexity index is 1350. The highest BCUT2D eigenvalue weighted by atomic mass is 35.5. The average Bonchev–Trinajstić information content (AvgIpc) is 3.54. The first-order valence-corrected chi connectivity index (χ1v) is 11.8. The topological polar surface area (TPSA) is 93.2 Å². The summed E-state index contributed by atoms with van der Waals surface area (Å²) in [5, 5.41) is 4.79. The van der Waals surface area contributed by atoms with E-state index in [1.54, 1.807) is 23.3 Å². The van der Waals surface area contributed by atoms with E-state index in [1.807, 2.05) is 62.1 Å².